The average Bonchev–Trinajstić information content (AvgIpc) is 2.19. The van der Waals surface area contributed by atoms with Crippen molar-refractivity contribution in [1.29, 1.82) is 0 Å². The van der Waals surface area contributed by atoms with Crippen LogP contribution < -0.4 is 21.7 Å². The molecule has 78 valence electrons. The van der Waals surface area contributed by atoms with E-state index in [-0.39, 0.29) is 36.5 Å². The number of hydrogen-bond acceptors (Lipinski definition) is 1. The molecule has 0 amide bonds. The van der Waals surface area contributed by atoms with Gasteiger partial charge in [-0.1, -0.05) is 18.2 Å². The Labute approximate surface area is 119 Å². The SMILES string of the molecule is [Br-].[CH2-]c1cccc(Oc2ccccc2)c1.[Zn+2]. The molecule has 2 aromatic carbocycles. The maximum atomic E-state index is 5.62. The van der Waals surface area contributed by atoms with Crippen molar-refractivity contribution < 1.29 is 41.2 Å². The van der Waals surface area contributed by atoms with Gasteiger partial charge < -0.3 is 21.7 Å². The standard InChI is InChI=1S/C13H11O.BrH.Zn/c1-11-6-5-9-13(10-11)14-12-7-3-2-4-8-12;;/h2-10H,1H2;1H;/q-1;;+2/p-1. The van der Waals surface area contributed by atoms with Gasteiger partial charge in [0, 0.05) is 0 Å². The van der Waals surface area contributed by atoms with Crippen LogP contribution in [0.3, 0.4) is 0 Å². The normalized spacial score (nSPS) is 8.50. The molecule has 16 heavy (non-hydrogen) atoms. The first-order valence-corrected chi connectivity index (χ1v) is 4.49. The van der Waals surface area contributed by atoms with Gasteiger partial charge in [-0.3, -0.25) is 0 Å². The number of benzene rings is 2. The van der Waals surface area contributed by atoms with E-state index >= 15 is 0 Å². The fourth-order valence-electron chi connectivity index (χ4n) is 1.23. The molecule has 0 spiro atoms. The molecule has 0 N–H and O–H groups in total. The summed E-state index contributed by atoms with van der Waals surface area (Å²) in [7, 11) is 0. The number of hydrogen-bond donors (Lipinski definition) is 0. The Morgan fingerprint density at radius 2 is 1.44 bits per heavy atom. The Bertz CT molecular complexity index is 417. The maximum Gasteiger partial charge on any atom is 2.00 e. The van der Waals surface area contributed by atoms with Crippen molar-refractivity contribution in [3.63, 3.8) is 0 Å². The predicted molar refractivity (Wildman–Crippen MR) is 57.4 cm³/mol. The van der Waals surface area contributed by atoms with Crippen LogP contribution in [-0.2, 0) is 19.5 Å². The molecule has 0 atom stereocenters. The van der Waals surface area contributed by atoms with Crippen LogP contribution in [0.5, 0.6) is 11.5 Å². The molecule has 0 saturated heterocycles. The fourth-order valence-corrected chi connectivity index (χ4v) is 1.23. The van der Waals surface area contributed by atoms with Gasteiger partial charge in [-0.15, -0.1) is 12.1 Å². The van der Waals surface area contributed by atoms with Gasteiger partial charge in [0.1, 0.15) is 5.75 Å². The van der Waals surface area contributed by atoms with Crippen molar-refractivity contribution in [3.05, 3.63) is 67.1 Å². The van der Waals surface area contributed by atoms with Crippen molar-refractivity contribution in [2.45, 2.75) is 0 Å². The second kappa shape index (κ2) is 7.48. The number of ether oxygens (including phenoxy) is 1. The van der Waals surface area contributed by atoms with Crippen LogP contribution >= 0.6 is 0 Å². The van der Waals surface area contributed by atoms with E-state index in [0.29, 0.717) is 0 Å². The van der Waals surface area contributed by atoms with Crippen LogP contribution in [-0.4, -0.2) is 0 Å². The summed E-state index contributed by atoms with van der Waals surface area (Å²) in [6, 6.07) is 17.4. The fraction of sp³-hybridized carbons (Fsp3) is 0. The molecule has 0 saturated carbocycles. The smallest absolute Gasteiger partial charge is 1.00 e. The minimum atomic E-state index is 0. The molecule has 0 aliphatic heterocycles. The zero-order valence-electron chi connectivity index (χ0n) is 8.90. The summed E-state index contributed by atoms with van der Waals surface area (Å²) in [5.41, 5.74) is 0.957. The van der Waals surface area contributed by atoms with E-state index < -0.39 is 0 Å². The van der Waals surface area contributed by atoms with Crippen LogP contribution in [0.4, 0.5) is 0 Å². The summed E-state index contributed by atoms with van der Waals surface area (Å²) < 4.78 is 5.62. The van der Waals surface area contributed by atoms with Gasteiger partial charge in [-0.05, 0) is 18.2 Å². The van der Waals surface area contributed by atoms with Crippen molar-refractivity contribution in [2.75, 3.05) is 0 Å². The third-order valence-corrected chi connectivity index (χ3v) is 1.88. The predicted octanol–water partition coefficient (Wildman–Crippen LogP) is 0.663. The van der Waals surface area contributed by atoms with Crippen LogP contribution in [0.2, 0.25) is 0 Å². The Morgan fingerprint density at radius 1 is 0.812 bits per heavy atom. The molecule has 0 aromatic heterocycles. The zero-order valence-corrected chi connectivity index (χ0v) is 13.4. The summed E-state index contributed by atoms with van der Waals surface area (Å²) >= 11 is 0. The van der Waals surface area contributed by atoms with E-state index in [1.807, 2.05) is 54.6 Å². The average molecular weight is 329 g/mol. The second-order valence-corrected chi connectivity index (χ2v) is 3.06. The van der Waals surface area contributed by atoms with Crippen LogP contribution in [0.15, 0.2) is 54.6 Å². The van der Waals surface area contributed by atoms with Gasteiger partial charge >= 0.3 is 19.5 Å². The molecule has 1 nitrogen and oxygen atoms in total. The summed E-state index contributed by atoms with van der Waals surface area (Å²) in [4.78, 5) is 0. The first-order chi connectivity index (χ1) is 6.84. The monoisotopic (exact) mass is 326 g/mol. The van der Waals surface area contributed by atoms with Gasteiger partial charge in [0.05, 0.1) is 5.75 Å². The van der Waals surface area contributed by atoms with E-state index in [1.54, 1.807) is 0 Å². The Morgan fingerprint density at radius 3 is 2.06 bits per heavy atom. The van der Waals surface area contributed by atoms with Gasteiger partial charge in [0.2, 0.25) is 0 Å². The van der Waals surface area contributed by atoms with E-state index in [1.165, 1.54) is 0 Å². The van der Waals surface area contributed by atoms with E-state index in [0.717, 1.165) is 17.1 Å². The second-order valence-electron chi connectivity index (χ2n) is 3.06. The Balaban J connectivity index is 0.00000112. The summed E-state index contributed by atoms with van der Waals surface area (Å²) in [5, 5.41) is 0. The molecule has 0 radical (unpaired) electrons. The molecule has 0 aliphatic carbocycles. The molecule has 0 heterocycles. The minimum absolute atomic E-state index is 0. The van der Waals surface area contributed by atoms with Gasteiger partial charge in [0.15, 0.2) is 0 Å². The van der Waals surface area contributed by atoms with Gasteiger partial charge in [-0.2, -0.15) is 18.6 Å². The molecular weight excluding hydrogens is 317 g/mol. The Hall–Kier alpha value is -0.787. The van der Waals surface area contributed by atoms with E-state index in [4.69, 9.17) is 4.74 Å². The largest absolute Gasteiger partial charge is 2.00 e. The number of rotatable bonds is 2. The first-order valence-electron chi connectivity index (χ1n) is 4.49. The van der Waals surface area contributed by atoms with Gasteiger partial charge in [-0.25, -0.2) is 0 Å². The molecule has 0 unspecified atom stereocenters. The molecular formula is C13H11BrOZn. The minimum Gasteiger partial charge on any atom is -1.00 e. The van der Waals surface area contributed by atoms with Crippen LogP contribution in [0.1, 0.15) is 5.56 Å². The van der Waals surface area contributed by atoms with Gasteiger partial charge in [0.25, 0.3) is 0 Å². The van der Waals surface area contributed by atoms with Crippen molar-refractivity contribution in [1.82, 2.24) is 0 Å². The summed E-state index contributed by atoms with van der Waals surface area (Å²) in [5.74, 6) is 1.67. The topological polar surface area (TPSA) is 9.23 Å². The van der Waals surface area contributed by atoms with Crippen molar-refractivity contribution in [3.8, 4) is 11.5 Å². The molecule has 2 rings (SSSR count). The van der Waals surface area contributed by atoms with Crippen LogP contribution in [0.25, 0.3) is 0 Å². The molecule has 3 heteroatoms. The zero-order chi connectivity index (χ0) is 9.80. The van der Waals surface area contributed by atoms with E-state index in [2.05, 4.69) is 6.92 Å². The van der Waals surface area contributed by atoms with Crippen molar-refractivity contribution >= 4 is 0 Å². The Kier molecular flexibility index (Phi) is 7.11. The summed E-state index contributed by atoms with van der Waals surface area (Å²) in [6.07, 6.45) is 0. The number of para-hydroxylation sites is 1. The third-order valence-electron chi connectivity index (χ3n) is 1.88. The molecule has 0 fully saturated rings. The first kappa shape index (κ1) is 15.2. The molecule has 2 aromatic rings. The third kappa shape index (κ3) is 4.38. The summed E-state index contributed by atoms with van der Waals surface area (Å²) in [6.45, 7) is 3.84. The number of halogens is 1. The molecule has 0 aliphatic rings. The van der Waals surface area contributed by atoms with Crippen LogP contribution in [0, 0.1) is 6.92 Å². The van der Waals surface area contributed by atoms with Crippen molar-refractivity contribution in [2.24, 2.45) is 0 Å². The quantitative estimate of drug-likeness (QED) is 0.581. The molecule has 0 bridgehead atoms. The van der Waals surface area contributed by atoms with E-state index in [9.17, 15) is 0 Å². The maximum absolute atomic E-state index is 5.62.